The first-order valence-electron chi connectivity index (χ1n) is 15.2. The third-order valence-corrected chi connectivity index (χ3v) is 8.82. The monoisotopic (exact) mass is 720 g/mol. The summed E-state index contributed by atoms with van der Waals surface area (Å²) in [4.78, 5) is 52.4. The van der Waals surface area contributed by atoms with Crippen molar-refractivity contribution < 1.29 is 84.5 Å². The number of benzene rings is 3. The van der Waals surface area contributed by atoms with Crippen LogP contribution in [0.1, 0.15) is 28.2 Å². The van der Waals surface area contributed by atoms with Crippen LogP contribution in [0.2, 0.25) is 0 Å². The molecule has 1 aliphatic carbocycles. The molecule has 0 fully saturated rings. The molecule has 52 heavy (non-hydrogen) atoms. The maximum atomic E-state index is 14.0. The fraction of sp³-hybridized carbons (Fsp3) is 0.200. The van der Waals surface area contributed by atoms with Gasteiger partial charge in [-0.2, -0.15) is 0 Å². The van der Waals surface area contributed by atoms with Crippen molar-refractivity contribution in [1.29, 1.82) is 0 Å². The summed E-state index contributed by atoms with van der Waals surface area (Å²) in [6.07, 6.45) is -4.01. The van der Waals surface area contributed by atoms with E-state index < -0.39 is 118 Å². The highest BCUT2D eigenvalue weighted by Crippen LogP contribution is 2.52. The number of carbonyl (C=O) groups excluding carboxylic acids is 2. The zero-order valence-corrected chi connectivity index (χ0v) is 26.3. The van der Waals surface area contributed by atoms with Crippen molar-refractivity contribution in [3.8, 4) is 45.6 Å². The average molecular weight is 721 g/mol. The number of carboxylic acids is 2. The summed E-state index contributed by atoms with van der Waals surface area (Å²) in [6.45, 7) is -1.05. The SMILES string of the molecule is O=C1/C=C/c2ccc(O)c(O)c2-c2cc(cc(O)c2O)[C@@H]2c3cc(O)c(O)cc3C=C(C(=O)O[C@@H]3C=C(C(=O)O)O[C@H]([C@H](O)CO)[C@@H]3O1)[C@@H]2C(=O)O. The molecule has 0 saturated carbocycles. The Morgan fingerprint density at radius 1 is 0.788 bits per heavy atom. The van der Waals surface area contributed by atoms with Crippen LogP contribution in [0.3, 0.4) is 0 Å². The van der Waals surface area contributed by atoms with Crippen molar-refractivity contribution in [2.75, 3.05) is 6.61 Å². The van der Waals surface area contributed by atoms with Crippen LogP contribution in [-0.4, -0.2) is 106 Å². The topological polar surface area (TPSA) is 298 Å². The number of aliphatic hydroxyl groups is 2. The molecule has 3 aromatic carbocycles. The van der Waals surface area contributed by atoms with Crippen molar-refractivity contribution in [1.82, 2.24) is 0 Å². The van der Waals surface area contributed by atoms with Crippen LogP contribution in [0.25, 0.3) is 23.3 Å². The van der Waals surface area contributed by atoms with E-state index in [0.717, 1.165) is 54.6 Å². The zero-order chi connectivity index (χ0) is 37.8. The molecule has 0 saturated heterocycles. The van der Waals surface area contributed by atoms with Gasteiger partial charge in [0.25, 0.3) is 0 Å². The maximum Gasteiger partial charge on any atom is 0.370 e. The fourth-order valence-corrected chi connectivity index (χ4v) is 6.45. The number of aliphatic carboxylic acids is 2. The second-order valence-corrected chi connectivity index (χ2v) is 12.0. The summed E-state index contributed by atoms with van der Waals surface area (Å²) < 4.78 is 16.3. The van der Waals surface area contributed by atoms with Crippen molar-refractivity contribution in [2.24, 2.45) is 5.92 Å². The van der Waals surface area contributed by atoms with Gasteiger partial charge in [0.05, 0.1) is 18.1 Å². The number of phenols is 6. The number of hydrogen-bond donors (Lipinski definition) is 10. The predicted octanol–water partition coefficient (Wildman–Crippen LogP) is 1.39. The molecule has 0 radical (unpaired) electrons. The van der Waals surface area contributed by atoms with Crippen molar-refractivity contribution in [2.45, 2.75) is 30.3 Å². The molecule has 6 atom stereocenters. The van der Waals surface area contributed by atoms with Gasteiger partial charge in [0.2, 0.25) is 5.76 Å². The van der Waals surface area contributed by atoms with Crippen molar-refractivity contribution in [3.63, 3.8) is 0 Å². The first-order valence-corrected chi connectivity index (χ1v) is 15.2. The summed E-state index contributed by atoms with van der Waals surface area (Å²) in [6, 6.07) is 6.33. The number of aliphatic hydroxyl groups excluding tert-OH is 2. The molecule has 17 nitrogen and oxygen atoms in total. The summed E-state index contributed by atoms with van der Waals surface area (Å²) in [5.74, 6) is -15.1. The first kappa shape index (κ1) is 35.1. The number of rotatable bonds is 4. The van der Waals surface area contributed by atoms with Crippen LogP contribution in [-0.2, 0) is 33.4 Å². The Balaban J connectivity index is 1.68. The molecule has 0 spiro atoms. The standard InChI is InChI=1S/C35H28O17/c36-11-22(41)31-32-23(10-24(50-31)33(45)46)51-35(49)17-5-13-7-19(38)20(39)9-15(13)26(28(17)34(47)48)14-6-16(29(43)21(40)8-14)27-12(2-4-25(42)52-32)1-3-18(37)30(27)44/h1-10,22-23,26,28,31-32,36-41,43-44H,11H2,(H,45,46)(H,47,48)/b4-2+/t22-,23-,26-,28+,31-,32-/m1/s1. The number of aromatic hydroxyl groups is 6. The van der Waals surface area contributed by atoms with Crippen LogP contribution in [0.15, 0.2) is 59.9 Å². The Bertz CT molecular complexity index is 2130. The van der Waals surface area contributed by atoms with Gasteiger partial charge in [0.15, 0.2) is 52.8 Å². The highest BCUT2D eigenvalue weighted by atomic mass is 16.6. The van der Waals surface area contributed by atoms with Crippen LogP contribution >= 0.6 is 0 Å². The third kappa shape index (κ3) is 6.03. The Kier molecular flexibility index (Phi) is 8.91. The Morgan fingerprint density at radius 3 is 2.17 bits per heavy atom. The molecule has 6 rings (SSSR count). The van der Waals surface area contributed by atoms with Gasteiger partial charge >= 0.3 is 23.9 Å². The number of phenolic OH excluding ortho intramolecular Hbond substituents is 6. The van der Waals surface area contributed by atoms with E-state index >= 15 is 0 Å². The molecule has 270 valence electrons. The molecule has 2 heterocycles. The zero-order valence-electron chi connectivity index (χ0n) is 26.3. The highest BCUT2D eigenvalue weighted by molar-refractivity contribution is 6.02. The summed E-state index contributed by atoms with van der Waals surface area (Å²) in [7, 11) is 0. The molecule has 0 amide bonds. The van der Waals surface area contributed by atoms with Crippen LogP contribution in [0, 0.1) is 5.92 Å². The molecular weight excluding hydrogens is 692 g/mol. The molecule has 10 N–H and O–H groups in total. The van der Waals surface area contributed by atoms with Gasteiger partial charge < -0.3 is 65.3 Å². The minimum Gasteiger partial charge on any atom is -0.504 e. The van der Waals surface area contributed by atoms with Crippen molar-refractivity contribution >= 4 is 36.0 Å². The molecule has 3 aromatic rings. The van der Waals surface area contributed by atoms with E-state index in [0.29, 0.717) is 0 Å². The van der Waals surface area contributed by atoms with Gasteiger partial charge in [-0.05, 0) is 64.7 Å². The van der Waals surface area contributed by atoms with E-state index in [4.69, 9.17) is 14.2 Å². The summed E-state index contributed by atoms with van der Waals surface area (Å²) in [5, 5.41) is 105. The number of carbonyl (C=O) groups is 4. The van der Waals surface area contributed by atoms with E-state index in [-0.39, 0.29) is 27.8 Å². The number of carboxylic acid groups (broad SMARTS) is 2. The fourth-order valence-electron chi connectivity index (χ4n) is 6.45. The summed E-state index contributed by atoms with van der Waals surface area (Å²) >= 11 is 0. The number of esters is 2. The van der Waals surface area contributed by atoms with E-state index in [2.05, 4.69) is 0 Å². The number of fused-ring (bicyclic) bond motifs is 10. The largest absolute Gasteiger partial charge is 0.504 e. The molecule has 17 heteroatoms. The Morgan fingerprint density at radius 2 is 1.50 bits per heavy atom. The average Bonchev–Trinajstić information content (AvgIpc) is 3.09. The van der Waals surface area contributed by atoms with Crippen molar-refractivity contribution in [3.05, 3.63) is 82.1 Å². The van der Waals surface area contributed by atoms with E-state index in [9.17, 15) is 70.2 Å². The second kappa shape index (κ2) is 13.2. The summed E-state index contributed by atoms with van der Waals surface area (Å²) in [5.41, 5.74) is -1.68. The Labute approximate surface area is 291 Å². The van der Waals surface area contributed by atoms with Crippen LogP contribution in [0.5, 0.6) is 34.5 Å². The van der Waals surface area contributed by atoms with Gasteiger partial charge in [-0.3, -0.25) is 4.79 Å². The Hall–Kier alpha value is -6.72. The third-order valence-electron chi connectivity index (χ3n) is 8.82. The molecule has 0 aromatic heterocycles. The molecule has 3 aliphatic rings. The molecule has 4 bridgehead atoms. The van der Waals surface area contributed by atoms with E-state index in [1.54, 1.807) is 0 Å². The minimum absolute atomic E-state index is 0.00581. The predicted molar refractivity (Wildman–Crippen MR) is 172 cm³/mol. The second-order valence-electron chi connectivity index (χ2n) is 12.0. The quantitative estimate of drug-likeness (QED) is 0.134. The molecule has 0 unspecified atom stereocenters. The van der Waals surface area contributed by atoms with E-state index in [1.165, 1.54) is 6.07 Å². The lowest BCUT2D eigenvalue weighted by Crippen LogP contribution is -2.53. The first-order chi connectivity index (χ1) is 24.6. The maximum absolute atomic E-state index is 14.0. The highest BCUT2D eigenvalue weighted by Gasteiger charge is 2.48. The van der Waals surface area contributed by atoms with Gasteiger partial charge in [-0.1, -0.05) is 6.07 Å². The van der Waals surface area contributed by atoms with Crippen LogP contribution in [0.4, 0.5) is 0 Å². The molecule has 2 aliphatic heterocycles. The number of hydrogen-bond acceptors (Lipinski definition) is 15. The van der Waals surface area contributed by atoms with Gasteiger partial charge in [-0.25, -0.2) is 14.4 Å². The lowest BCUT2D eigenvalue weighted by molar-refractivity contribution is -0.185. The lowest BCUT2D eigenvalue weighted by Gasteiger charge is -2.37. The van der Waals surface area contributed by atoms with Gasteiger partial charge in [0.1, 0.15) is 6.10 Å². The number of ether oxygens (including phenoxy) is 3. The van der Waals surface area contributed by atoms with Gasteiger partial charge in [0, 0.05) is 29.2 Å². The smallest absolute Gasteiger partial charge is 0.370 e. The van der Waals surface area contributed by atoms with E-state index in [1.807, 2.05) is 0 Å². The van der Waals surface area contributed by atoms with Crippen LogP contribution < -0.4 is 0 Å². The minimum atomic E-state index is -1.95. The molecular formula is C35H28O17. The van der Waals surface area contributed by atoms with Gasteiger partial charge in [-0.15, -0.1) is 0 Å². The lowest BCUT2D eigenvalue weighted by atomic mass is 9.70. The normalized spacial score (nSPS) is 23.5.